The van der Waals surface area contributed by atoms with Crippen molar-refractivity contribution in [2.45, 2.75) is 57.9 Å². The molecule has 2 aliphatic carbocycles. The van der Waals surface area contributed by atoms with Crippen LogP contribution in [0.2, 0.25) is 0 Å². The van der Waals surface area contributed by atoms with Gasteiger partial charge < -0.3 is 11.1 Å². The topological polar surface area (TPSA) is 55.1 Å². The van der Waals surface area contributed by atoms with Crippen molar-refractivity contribution in [1.82, 2.24) is 5.32 Å². The first kappa shape index (κ1) is 12.9. The van der Waals surface area contributed by atoms with Crippen molar-refractivity contribution >= 4 is 5.91 Å². The molecular weight excluding hydrogens is 212 g/mol. The normalized spacial score (nSPS) is 38.0. The van der Waals surface area contributed by atoms with E-state index >= 15 is 0 Å². The van der Waals surface area contributed by atoms with Gasteiger partial charge in [0.1, 0.15) is 0 Å². The number of amides is 1. The molecule has 3 heteroatoms. The fourth-order valence-electron chi connectivity index (χ4n) is 3.32. The van der Waals surface area contributed by atoms with E-state index in [1.807, 2.05) is 0 Å². The molecule has 2 fully saturated rings. The molecule has 2 rings (SSSR count). The second kappa shape index (κ2) is 5.85. The predicted molar refractivity (Wildman–Crippen MR) is 69.4 cm³/mol. The second-order valence-corrected chi connectivity index (χ2v) is 6.08. The number of hydrogen-bond acceptors (Lipinski definition) is 2. The lowest BCUT2D eigenvalue weighted by molar-refractivity contribution is -0.126. The van der Waals surface area contributed by atoms with Gasteiger partial charge in [0.25, 0.3) is 0 Å². The van der Waals surface area contributed by atoms with Gasteiger partial charge in [-0.1, -0.05) is 6.92 Å². The Labute approximate surface area is 105 Å². The Kier molecular flexibility index (Phi) is 4.43. The van der Waals surface area contributed by atoms with Crippen LogP contribution in [0.1, 0.15) is 51.9 Å². The number of carbonyl (C=O) groups excluding carboxylic acids is 1. The Morgan fingerprint density at radius 3 is 2.41 bits per heavy atom. The Hall–Kier alpha value is -0.570. The van der Waals surface area contributed by atoms with Crippen LogP contribution in [0.4, 0.5) is 0 Å². The fourth-order valence-corrected chi connectivity index (χ4v) is 3.32. The molecule has 0 saturated heterocycles. The van der Waals surface area contributed by atoms with Crippen molar-refractivity contribution in [3.05, 3.63) is 0 Å². The fraction of sp³-hybridized carbons (Fsp3) is 0.929. The first-order valence-corrected chi connectivity index (χ1v) is 7.19. The number of hydrogen-bond donors (Lipinski definition) is 2. The van der Waals surface area contributed by atoms with Crippen LogP contribution in [0.5, 0.6) is 0 Å². The first-order chi connectivity index (χ1) is 8.19. The highest BCUT2D eigenvalue weighted by Gasteiger charge is 2.29. The van der Waals surface area contributed by atoms with Crippen LogP contribution in [-0.2, 0) is 4.79 Å². The van der Waals surface area contributed by atoms with E-state index in [2.05, 4.69) is 12.2 Å². The predicted octanol–water partition coefficient (Wildman–Crippen LogP) is 2.06. The summed E-state index contributed by atoms with van der Waals surface area (Å²) >= 11 is 0. The Balaban J connectivity index is 1.73. The molecule has 0 aliphatic heterocycles. The van der Waals surface area contributed by atoms with Crippen molar-refractivity contribution in [1.29, 1.82) is 0 Å². The smallest absolute Gasteiger partial charge is 0.223 e. The molecule has 0 radical (unpaired) electrons. The van der Waals surface area contributed by atoms with Crippen molar-refractivity contribution in [3.8, 4) is 0 Å². The molecule has 0 spiro atoms. The molecule has 1 amide bonds. The Morgan fingerprint density at radius 2 is 1.88 bits per heavy atom. The van der Waals surface area contributed by atoms with Gasteiger partial charge in [-0.2, -0.15) is 0 Å². The van der Waals surface area contributed by atoms with E-state index in [0.29, 0.717) is 17.9 Å². The number of nitrogens with one attached hydrogen (secondary N) is 1. The zero-order chi connectivity index (χ0) is 12.3. The quantitative estimate of drug-likeness (QED) is 0.790. The van der Waals surface area contributed by atoms with Crippen molar-refractivity contribution < 1.29 is 4.79 Å². The molecule has 3 nitrogen and oxygen atoms in total. The van der Waals surface area contributed by atoms with Crippen LogP contribution in [-0.4, -0.2) is 18.5 Å². The molecule has 2 atom stereocenters. The largest absolute Gasteiger partial charge is 0.353 e. The van der Waals surface area contributed by atoms with Gasteiger partial charge in [-0.25, -0.2) is 0 Å². The van der Waals surface area contributed by atoms with E-state index in [1.165, 1.54) is 19.3 Å². The monoisotopic (exact) mass is 238 g/mol. The molecule has 0 aromatic rings. The summed E-state index contributed by atoms with van der Waals surface area (Å²) < 4.78 is 0. The average molecular weight is 238 g/mol. The molecule has 2 unspecified atom stereocenters. The van der Waals surface area contributed by atoms with Gasteiger partial charge in [0, 0.05) is 12.0 Å². The maximum Gasteiger partial charge on any atom is 0.223 e. The van der Waals surface area contributed by atoms with Gasteiger partial charge >= 0.3 is 0 Å². The second-order valence-electron chi connectivity index (χ2n) is 6.08. The average Bonchev–Trinajstić information content (AvgIpc) is 2.75. The third kappa shape index (κ3) is 3.44. The Morgan fingerprint density at radius 1 is 1.18 bits per heavy atom. The van der Waals surface area contributed by atoms with E-state index in [-0.39, 0.29) is 5.92 Å². The van der Waals surface area contributed by atoms with Crippen LogP contribution in [0.3, 0.4) is 0 Å². The summed E-state index contributed by atoms with van der Waals surface area (Å²) in [4.78, 5) is 12.1. The standard InChI is InChI=1S/C14H26N2O/c1-10-2-7-13(8-10)16-14(17)12-5-3-11(9-15)4-6-12/h10-13H,2-9,15H2,1H3,(H,16,17). The third-order valence-electron chi connectivity index (χ3n) is 4.59. The Bertz CT molecular complexity index is 259. The molecule has 17 heavy (non-hydrogen) atoms. The number of carbonyl (C=O) groups is 1. The van der Waals surface area contributed by atoms with Crippen molar-refractivity contribution in [3.63, 3.8) is 0 Å². The zero-order valence-corrected chi connectivity index (χ0v) is 11.0. The van der Waals surface area contributed by atoms with E-state index in [4.69, 9.17) is 5.73 Å². The molecule has 2 saturated carbocycles. The summed E-state index contributed by atoms with van der Waals surface area (Å²) in [5.74, 6) is 2.01. The highest BCUT2D eigenvalue weighted by molar-refractivity contribution is 5.79. The minimum atomic E-state index is 0.258. The van der Waals surface area contributed by atoms with Crippen LogP contribution in [0.15, 0.2) is 0 Å². The van der Waals surface area contributed by atoms with Crippen molar-refractivity contribution in [2.75, 3.05) is 6.54 Å². The van der Waals surface area contributed by atoms with Gasteiger partial charge in [-0.05, 0) is 63.3 Å². The third-order valence-corrected chi connectivity index (χ3v) is 4.59. The van der Waals surface area contributed by atoms with Crippen LogP contribution >= 0.6 is 0 Å². The molecule has 0 aromatic carbocycles. The van der Waals surface area contributed by atoms with Gasteiger partial charge in [0.15, 0.2) is 0 Å². The number of nitrogens with two attached hydrogens (primary N) is 1. The van der Waals surface area contributed by atoms with E-state index in [9.17, 15) is 4.79 Å². The highest BCUT2D eigenvalue weighted by atomic mass is 16.1. The summed E-state index contributed by atoms with van der Waals surface area (Å²) in [7, 11) is 0. The van der Waals surface area contributed by atoms with Gasteiger partial charge in [-0.15, -0.1) is 0 Å². The minimum Gasteiger partial charge on any atom is -0.353 e. The van der Waals surface area contributed by atoms with Gasteiger partial charge in [-0.3, -0.25) is 4.79 Å². The van der Waals surface area contributed by atoms with Gasteiger partial charge in [0.2, 0.25) is 5.91 Å². The van der Waals surface area contributed by atoms with Crippen LogP contribution in [0, 0.1) is 17.8 Å². The molecular formula is C14H26N2O. The van der Waals surface area contributed by atoms with Crippen LogP contribution in [0.25, 0.3) is 0 Å². The van der Waals surface area contributed by atoms with Gasteiger partial charge in [0.05, 0.1) is 0 Å². The molecule has 0 bridgehead atoms. The summed E-state index contributed by atoms with van der Waals surface area (Å²) in [5.41, 5.74) is 5.67. The molecule has 0 aromatic heterocycles. The summed E-state index contributed by atoms with van der Waals surface area (Å²) in [6.07, 6.45) is 7.96. The molecule has 0 heterocycles. The SMILES string of the molecule is CC1CCC(NC(=O)C2CCC(CN)CC2)C1. The summed E-state index contributed by atoms with van der Waals surface area (Å²) in [6.45, 7) is 3.06. The highest BCUT2D eigenvalue weighted by Crippen LogP contribution is 2.29. The maximum absolute atomic E-state index is 12.1. The van der Waals surface area contributed by atoms with E-state index in [0.717, 1.165) is 38.1 Å². The maximum atomic E-state index is 12.1. The van der Waals surface area contributed by atoms with E-state index in [1.54, 1.807) is 0 Å². The number of rotatable bonds is 3. The minimum absolute atomic E-state index is 0.258. The summed E-state index contributed by atoms with van der Waals surface area (Å²) in [6, 6.07) is 0.449. The molecule has 98 valence electrons. The van der Waals surface area contributed by atoms with Crippen molar-refractivity contribution in [2.24, 2.45) is 23.5 Å². The lowest BCUT2D eigenvalue weighted by Gasteiger charge is -2.27. The van der Waals surface area contributed by atoms with E-state index < -0.39 is 0 Å². The molecule has 3 N–H and O–H groups in total. The van der Waals surface area contributed by atoms with Crippen LogP contribution < -0.4 is 11.1 Å². The lowest BCUT2D eigenvalue weighted by Crippen LogP contribution is -2.39. The lowest BCUT2D eigenvalue weighted by atomic mass is 9.81. The molecule has 2 aliphatic rings. The first-order valence-electron chi connectivity index (χ1n) is 7.19. The summed E-state index contributed by atoms with van der Waals surface area (Å²) in [5, 5.41) is 3.24. The zero-order valence-electron chi connectivity index (χ0n) is 11.0.